The molecule has 1 N–H and O–H groups in total. The van der Waals surface area contributed by atoms with Crippen molar-refractivity contribution in [1.82, 2.24) is 14.6 Å². The van der Waals surface area contributed by atoms with Crippen LogP contribution in [0.15, 0.2) is 54.6 Å². The molecule has 2 heterocycles. The van der Waals surface area contributed by atoms with E-state index in [2.05, 4.69) is 15.4 Å². The van der Waals surface area contributed by atoms with Crippen molar-refractivity contribution < 1.29 is 40.8 Å². The lowest BCUT2D eigenvalue weighted by Crippen LogP contribution is -2.16. The number of ether oxygens (including phenoxy) is 1. The molecular formula is C24H15F6N5O4. The average Bonchev–Trinajstić information content (AvgIpc) is 3.60. The fraction of sp³-hybridized carbons (Fsp3) is 0.208. The number of alkyl halides is 6. The van der Waals surface area contributed by atoms with Crippen molar-refractivity contribution in [3.8, 4) is 11.5 Å². The third-order valence-corrected chi connectivity index (χ3v) is 5.72. The molecule has 0 spiro atoms. The third kappa shape index (κ3) is 5.61. The molecule has 1 fully saturated rings. The Kier molecular flexibility index (Phi) is 6.15. The first-order valence-electron chi connectivity index (χ1n) is 11.2. The lowest BCUT2D eigenvalue weighted by Gasteiger charge is -2.11. The van der Waals surface area contributed by atoms with E-state index in [-0.39, 0.29) is 34.4 Å². The van der Waals surface area contributed by atoms with Crippen molar-refractivity contribution in [1.29, 1.82) is 0 Å². The quantitative estimate of drug-likeness (QED) is 0.164. The number of amides is 1. The molecule has 2 aromatic heterocycles. The predicted octanol–water partition coefficient (Wildman–Crippen LogP) is 6.60. The second-order valence-corrected chi connectivity index (χ2v) is 8.69. The number of rotatable bonds is 6. The smallest absolute Gasteiger partial charge is 0.433 e. The number of hydrogen-bond acceptors (Lipinski definition) is 6. The molecule has 4 aromatic rings. The molecule has 2 aromatic carbocycles. The highest BCUT2D eigenvalue weighted by molar-refractivity contribution is 6.03. The summed E-state index contributed by atoms with van der Waals surface area (Å²) >= 11 is 0. The summed E-state index contributed by atoms with van der Waals surface area (Å²) in [6.07, 6.45) is -8.05. The molecule has 1 saturated carbocycles. The van der Waals surface area contributed by atoms with Gasteiger partial charge in [-0.1, -0.05) is 6.07 Å². The van der Waals surface area contributed by atoms with E-state index in [0.29, 0.717) is 23.4 Å². The Labute approximate surface area is 214 Å². The lowest BCUT2D eigenvalue weighted by molar-refractivity contribution is -0.384. The zero-order valence-electron chi connectivity index (χ0n) is 19.4. The fourth-order valence-corrected chi connectivity index (χ4v) is 3.78. The summed E-state index contributed by atoms with van der Waals surface area (Å²) in [5, 5.41) is 17.4. The number of non-ortho nitro benzene ring substituents is 1. The maximum absolute atomic E-state index is 13.6. The first kappa shape index (κ1) is 25.9. The van der Waals surface area contributed by atoms with Gasteiger partial charge in [0.25, 0.3) is 11.6 Å². The normalized spacial score (nSPS) is 13.9. The molecule has 1 amide bonds. The van der Waals surface area contributed by atoms with E-state index < -0.39 is 45.8 Å². The molecular weight excluding hydrogens is 536 g/mol. The Morgan fingerprint density at radius 3 is 2.38 bits per heavy atom. The van der Waals surface area contributed by atoms with Crippen molar-refractivity contribution in [3.05, 3.63) is 87.4 Å². The highest BCUT2D eigenvalue weighted by Gasteiger charge is 2.37. The summed E-state index contributed by atoms with van der Waals surface area (Å²) in [5.74, 6) is -1.67. The minimum atomic E-state index is -4.78. The van der Waals surface area contributed by atoms with Crippen LogP contribution < -0.4 is 10.1 Å². The molecule has 0 unspecified atom stereocenters. The summed E-state index contributed by atoms with van der Waals surface area (Å²) in [4.78, 5) is 27.6. The Morgan fingerprint density at radius 1 is 1.00 bits per heavy atom. The van der Waals surface area contributed by atoms with Gasteiger partial charge in [0, 0.05) is 29.8 Å². The molecule has 5 rings (SSSR count). The van der Waals surface area contributed by atoms with E-state index >= 15 is 0 Å². The van der Waals surface area contributed by atoms with Crippen LogP contribution in [0.1, 0.15) is 46.2 Å². The Hall–Kier alpha value is -4.69. The van der Waals surface area contributed by atoms with E-state index in [1.165, 1.54) is 6.07 Å². The third-order valence-electron chi connectivity index (χ3n) is 5.72. The number of halogens is 6. The van der Waals surface area contributed by atoms with Crippen LogP contribution in [0.4, 0.5) is 37.7 Å². The molecule has 0 saturated heterocycles. The minimum Gasteiger partial charge on any atom is -0.457 e. The number of carbonyl (C=O) groups is 1. The Morgan fingerprint density at radius 2 is 1.74 bits per heavy atom. The average molecular weight is 551 g/mol. The number of nitrogens with one attached hydrogen (secondary N) is 1. The highest BCUT2D eigenvalue weighted by atomic mass is 19.4. The van der Waals surface area contributed by atoms with Crippen molar-refractivity contribution in [2.45, 2.75) is 31.1 Å². The van der Waals surface area contributed by atoms with Gasteiger partial charge in [-0.2, -0.15) is 31.4 Å². The summed E-state index contributed by atoms with van der Waals surface area (Å²) in [6, 6.07) is 8.69. The maximum Gasteiger partial charge on any atom is 0.433 e. The second-order valence-electron chi connectivity index (χ2n) is 8.69. The van der Waals surface area contributed by atoms with Crippen molar-refractivity contribution in [2.24, 2.45) is 0 Å². The fourth-order valence-electron chi connectivity index (χ4n) is 3.78. The van der Waals surface area contributed by atoms with Gasteiger partial charge in [0.2, 0.25) is 0 Å². The molecule has 1 aliphatic carbocycles. The van der Waals surface area contributed by atoms with Gasteiger partial charge in [0.15, 0.2) is 11.3 Å². The zero-order chi connectivity index (χ0) is 28.1. The summed E-state index contributed by atoms with van der Waals surface area (Å²) in [6.45, 7) is 0. The van der Waals surface area contributed by atoms with Gasteiger partial charge in [-0.15, -0.1) is 0 Å². The van der Waals surface area contributed by atoms with E-state index in [0.717, 1.165) is 42.5 Å². The second kappa shape index (κ2) is 9.25. The van der Waals surface area contributed by atoms with Crippen LogP contribution in [0.2, 0.25) is 0 Å². The van der Waals surface area contributed by atoms with Crippen LogP contribution in [0, 0.1) is 10.1 Å². The van der Waals surface area contributed by atoms with Gasteiger partial charge in [-0.25, -0.2) is 9.50 Å². The van der Waals surface area contributed by atoms with Crippen LogP contribution in [-0.4, -0.2) is 25.4 Å². The van der Waals surface area contributed by atoms with E-state index in [4.69, 9.17) is 4.74 Å². The lowest BCUT2D eigenvalue weighted by atomic mass is 10.2. The van der Waals surface area contributed by atoms with Crippen LogP contribution in [-0.2, 0) is 12.4 Å². The van der Waals surface area contributed by atoms with Crippen LogP contribution >= 0.6 is 0 Å². The molecule has 0 aliphatic heterocycles. The number of nitro groups is 1. The number of fused-ring (bicyclic) bond motifs is 1. The molecule has 1 aliphatic rings. The number of benzene rings is 2. The van der Waals surface area contributed by atoms with Gasteiger partial charge in [0.1, 0.15) is 17.2 Å². The topological polar surface area (TPSA) is 112 Å². The number of nitrogens with zero attached hydrogens (tertiary/aromatic N) is 4. The first-order valence-corrected chi connectivity index (χ1v) is 11.2. The van der Waals surface area contributed by atoms with E-state index in [1.807, 2.05) is 0 Å². The van der Waals surface area contributed by atoms with Gasteiger partial charge < -0.3 is 10.1 Å². The summed E-state index contributed by atoms with van der Waals surface area (Å²) < 4.78 is 85.8. The van der Waals surface area contributed by atoms with Gasteiger partial charge in [-0.05, 0) is 37.1 Å². The molecule has 15 heteroatoms. The van der Waals surface area contributed by atoms with Gasteiger partial charge in [-0.3, -0.25) is 14.9 Å². The standard InChI is InChI=1S/C24H15F6N5O4/c25-23(26,27)13-2-1-3-16(6-13)39-17-8-14(7-15(9-17)35(37)38)31-22(36)19-11-21-32-18(12-4-5-12)10-20(24(28,29)30)34(21)33-19/h1-3,6-12H,4-5H2,(H,31,36). The summed E-state index contributed by atoms with van der Waals surface area (Å²) in [5.41, 5.74) is -3.33. The number of carbonyl (C=O) groups excluding carboxylic acids is 1. The van der Waals surface area contributed by atoms with Crippen molar-refractivity contribution in [2.75, 3.05) is 5.32 Å². The van der Waals surface area contributed by atoms with E-state index in [9.17, 15) is 41.3 Å². The number of nitro benzene ring substituents is 1. The Bertz CT molecular complexity index is 1610. The number of aromatic nitrogens is 3. The van der Waals surface area contributed by atoms with Crippen molar-refractivity contribution >= 4 is 22.9 Å². The zero-order valence-corrected chi connectivity index (χ0v) is 19.4. The minimum absolute atomic E-state index is 0.108. The molecule has 39 heavy (non-hydrogen) atoms. The number of anilines is 1. The molecule has 0 bridgehead atoms. The highest BCUT2D eigenvalue weighted by Crippen LogP contribution is 2.41. The Balaban J connectivity index is 1.45. The molecule has 9 nitrogen and oxygen atoms in total. The number of hydrogen-bond donors (Lipinski definition) is 1. The monoisotopic (exact) mass is 551 g/mol. The molecule has 0 atom stereocenters. The summed E-state index contributed by atoms with van der Waals surface area (Å²) in [7, 11) is 0. The predicted molar refractivity (Wildman–Crippen MR) is 123 cm³/mol. The van der Waals surface area contributed by atoms with Crippen LogP contribution in [0.3, 0.4) is 0 Å². The van der Waals surface area contributed by atoms with Gasteiger partial charge in [0.05, 0.1) is 22.2 Å². The largest absolute Gasteiger partial charge is 0.457 e. The van der Waals surface area contributed by atoms with Crippen LogP contribution in [0.5, 0.6) is 11.5 Å². The van der Waals surface area contributed by atoms with Gasteiger partial charge >= 0.3 is 12.4 Å². The molecule has 0 radical (unpaired) electrons. The van der Waals surface area contributed by atoms with Crippen molar-refractivity contribution in [3.63, 3.8) is 0 Å². The maximum atomic E-state index is 13.6. The molecule has 202 valence electrons. The SMILES string of the molecule is O=C(Nc1cc(Oc2cccc(C(F)(F)F)c2)cc([N+](=O)[O-])c1)c1cc2nc(C3CC3)cc(C(F)(F)F)n2n1. The van der Waals surface area contributed by atoms with E-state index in [1.54, 1.807) is 0 Å². The van der Waals surface area contributed by atoms with Crippen LogP contribution in [0.25, 0.3) is 5.65 Å². The first-order chi connectivity index (χ1) is 18.3.